The lowest BCUT2D eigenvalue weighted by Gasteiger charge is -2.32. The predicted octanol–water partition coefficient (Wildman–Crippen LogP) is 1.81. The quantitative estimate of drug-likeness (QED) is 0.786. The van der Waals surface area contributed by atoms with Gasteiger partial charge in [-0.25, -0.2) is 13.2 Å². The Hall–Kier alpha value is -1.64. The molecule has 1 atom stereocenters. The molecule has 1 N–H and O–H groups in total. The van der Waals surface area contributed by atoms with Crippen LogP contribution in [0.4, 0.5) is 0 Å². The van der Waals surface area contributed by atoms with Crippen LogP contribution in [0.5, 0.6) is 5.75 Å². The van der Waals surface area contributed by atoms with Crippen molar-refractivity contribution in [2.75, 3.05) is 33.4 Å². The first kappa shape index (κ1) is 19.7. The highest BCUT2D eigenvalue weighted by Gasteiger charge is 2.32. The zero-order valence-corrected chi connectivity index (χ0v) is 15.6. The number of aliphatic carboxylic acids is 1. The van der Waals surface area contributed by atoms with Gasteiger partial charge in [-0.05, 0) is 55.9 Å². The molecule has 8 heteroatoms. The van der Waals surface area contributed by atoms with Crippen molar-refractivity contribution in [2.24, 2.45) is 5.92 Å². The summed E-state index contributed by atoms with van der Waals surface area (Å²) < 4.78 is 38.0. The highest BCUT2D eigenvalue weighted by atomic mass is 32.2. The number of carboxylic acid groups (broad SMARTS) is 1. The van der Waals surface area contributed by atoms with Gasteiger partial charge in [-0.3, -0.25) is 0 Å². The van der Waals surface area contributed by atoms with Gasteiger partial charge in [-0.1, -0.05) is 0 Å². The highest BCUT2D eigenvalue weighted by Crippen LogP contribution is 2.30. The lowest BCUT2D eigenvalue weighted by Crippen LogP contribution is -2.41. The Labute approximate surface area is 148 Å². The number of carboxylic acids is 1. The van der Waals surface area contributed by atoms with Crippen molar-refractivity contribution in [3.05, 3.63) is 23.3 Å². The van der Waals surface area contributed by atoms with Gasteiger partial charge in [0.25, 0.3) is 0 Å². The Kier molecular flexibility index (Phi) is 6.42. The molecule has 0 spiro atoms. The third-order valence-electron chi connectivity index (χ3n) is 4.33. The van der Waals surface area contributed by atoms with Crippen molar-refractivity contribution < 1.29 is 27.8 Å². The summed E-state index contributed by atoms with van der Waals surface area (Å²) in [5.41, 5.74) is 1.31. The van der Waals surface area contributed by atoms with Crippen LogP contribution in [0.3, 0.4) is 0 Å². The molecule has 1 aliphatic heterocycles. The van der Waals surface area contributed by atoms with Gasteiger partial charge in [0.15, 0.2) is 0 Å². The van der Waals surface area contributed by atoms with E-state index in [-0.39, 0.29) is 19.1 Å². The number of aryl methyl sites for hydroxylation is 2. The van der Waals surface area contributed by atoms with Crippen LogP contribution in [0.25, 0.3) is 0 Å². The van der Waals surface area contributed by atoms with Crippen molar-refractivity contribution in [2.45, 2.75) is 31.6 Å². The second-order valence-corrected chi connectivity index (χ2v) is 8.25. The van der Waals surface area contributed by atoms with Crippen LogP contribution >= 0.6 is 0 Å². The number of hydrogen-bond donors (Lipinski definition) is 1. The Morgan fingerprint density at radius 3 is 2.52 bits per heavy atom. The van der Waals surface area contributed by atoms with Crippen molar-refractivity contribution in [1.29, 1.82) is 0 Å². The summed E-state index contributed by atoms with van der Waals surface area (Å²) in [6.07, 6.45) is 1.56. The van der Waals surface area contributed by atoms with Gasteiger partial charge in [0.1, 0.15) is 12.4 Å². The van der Waals surface area contributed by atoms with E-state index in [1.165, 1.54) is 4.31 Å². The maximum atomic E-state index is 13.1. The number of hydrogen-bond acceptors (Lipinski definition) is 5. The Morgan fingerprint density at radius 1 is 1.32 bits per heavy atom. The Balaban J connectivity index is 2.17. The van der Waals surface area contributed by atoms with Crippen molar-refractivity contribution in [3.63, 3.8) is 0 Å². The molecule has 0 bridgehead atoms. The minimum atomic E-state index is -3.62. The van der Waals surface area contributed by atoms with Crippen LogP contribution in [-0.4, -0.2) is 57.2 Å². The fraction of sp³-hybridized carbons (Fsp3) is 0.588. The maximum Gasteiger partial charge on any atom is 0.329 e. The summed E-state index contributed by atoms with van der Waals surface area (Å²) in [6.45, 7) is 4.22. The summed E-state index contributed by atoms with van der Waals surface area (Å²) in [5.74, 6) is -0.390. The molecule has 140 valence electrons. The van der Waals surface area contributed by atoms with Crippen LogP contribution in [0.15, 0.2) is 17.0 Å². The lowest BCUT2D eigenvalue weighted by atomic mass is 10.0. The number of ether oxygens (including phenoxy) is 2. The van der Waals surface area contributed by atoms with Gasteiger partial charge in [0.05, 0.1) is 18.6 Å². The van der Waals surface area contributed by atoms with Crippen molar-refractivity contribution >= 4 is 16.0 Å². The largest absolute Gasteiger partial charge is 0.497 e. The number of methoxy groups -OCH3 is 1. The number of piperidine rings is 1. The molecule has 1 saturated heterocycles. The topological polar surface area (TPSA) is 93.1 Å². The van der Waals surface area contributed by atoms with Crippen LogP contribution < -0.4 is 4.74 Å². The zero-order valence-electron chi connectivity index (χ0n) is 14.8. The molecular weight excluding hydrogens is 346 g/mol. The Bertz CT molecular complexity index is 708. The van der Waals surface area contributed by atoms with Gasteiger partial charge in [0, 0.05) is 13.1 Å². The minimum Gasteiger partial charge on any atom is -0.497 e. The van der Waals surface area contributed by atoms with E-state index in [0.717, 1.165) is 12.8 Å². The molecule has 25 heavy (non-hydrogen) atoms. The summed E-state index contributed by atoms with van der Waals surface area (Å²) in [5, 5.41) is 8.64. The summed E-state index contributed by atoms with van der Waals surface area (Å²) in [7, 11) is -2.07. The van der Waals surface area contributed by atoms with E-state index in [4.69, 9.17) is 14.6 Å². The van der Waals surface area contributed by atoms with E-state index in [9.17, 15) is 13.2 Å². The highest BCUT2D eigenvalue weighted by molar-refractivity contribution is 7.89. The van der Waals surface area contributed by atoms with Crippen LogP contribution in [0.1, 0.15) is 24.0 Å². The van der Waals surface area contributed by atoms with Gasteiger partial charge in [0.2, 0.25) is 10.0 Å². The lowest BCUT2D eigenvalue weighted by molar-refractivity contribution is -0.142. The van der Waals surface area contributed by atoms with Gasteiger partial charge in [-0.2, -0.15) is 4.31 Å². The monoisotopic (exact) mass is 371 g/mol. The number of sulfonamides is 1. The fourth-order valence-corrected chi connectivity index (χ4v) is 5.22. The minimum absolute atomic E-state index is 0.00161. The molecular formula is C17H25NO6S. The van der Waals surface area contributed by atoms with Gasteiger partial charge >= 0.3 is 5.97 Å². The summed E-state index contributed by atoms with van der Waals surface area (Å²) in [4.78, 5) is 10.9. The first-order valence-corrected chi connectivity index (χ1v) is 9.64. The fourth-order valence-electron chi connectivity index (χ4n) is 3.26. The average Bonchev–Trinajstić information content (AvgIpc) is 2.53. The molecule has 0 saturated carbocycles. The SMILES string of the molecule is COc1cc(C)c(S(=O)(=O)N2CCCC(COCC(=O)O)C2)c(C)c1. The van der Waals surface area contributed by atoms with E-state index in [2.05, 4.69) is 0 Å². The van der Waals surface area contributed by atoms with Crippen LogP contribution in [-0.2, 0) is 19.6 Å². The molecule has 1 aromatic carbocycles. The molecule has 7 nitrogen and oxygen atoms in total. The number of benzene rings is 1. The van der Waals surface area contributed by atoms with Crippen LogP contribution in [0.2, 0.25) is 0 Å². The molecule has 1 aromatic rings. The normalized spacial score (nSPS) is 18.9. The number of nitrogens with zero attached hydrogens (tertiary/aromatic N) is 1. The second-order valence-electron chi connectivity index (χ2n) is 6.37. The zero-order chi connectivity index (χ0) is 18.6. The standard InChI is InChI=1S/C17H25NO6S/c1-12-7-15(23-3)8-13(2)17(12)25(21,22)18-6-4-5-14(9-18)10-24-11-16(19)20/h7-8,14H,4-6,9-11H2,1-3H3,(H,19,20). The summed E-state index contributed by atoms with van der Waals surface area (Å²) >= 11 is 0. The smallest absolute Gasteiger partial charge is 0.329 e. The first-order chi connectivity index (χ1) is 11.8. The van der Waals surface area contributed by atoms with Gasteiger partial charge < -0.3 is 14.6 Å². The third-order valence-corrected chi connectivity index (χ3v) is 6.50. The molecule has 0 aliphatic carbocycles. The molecule has 1 unspecified atom stereocenters. The van der Waals surface area contributed by atoms with E-state index in [1.807, 2.05) is 0 Å². The molecule has 1 aliphatic rings. The average molecular weight is 371 g/mol. The molecule has 0 aromatic heterocycles. The molecule has 2 rings (SSSR count). The first-order valence-electron chi connectivity index (χ1n) is 8.20. The van der Waals surface area contributed by atoms with E-state index < -0.39 is 16.0 Å². The van der Waals surface area contributed by atoms with Crippen LogP contribution in [0, 0.1) is 19.8 Å². The third kappa shape index (κ3) is 4.71. The predicted molar refractivity (Wildman–Crippen MR) is 92.4 cm³/mol. The number of rotatable bonds is 7. The molecule has 0 radical (unpaired) electrons. The second kappa shape index (κ2) is 8.16. The van der Waals surface area contributed by atoms with E-state index >= 15 is 0 Å². The molecule has 0 amide bonds. The summed E-state index contributed by atoms with van der Waals surface area (Å²) in [6, 6.07) is 3.44. The van der Waals surface area contributed by atoms with E-state index in [0.29, 0.717) is 34.9 Å². The van der Waals surface area contributed by atoms with Crippen molar-refractivity contribution in [1.82, 2.24) is 4.31 Å². The van der Waals surface area contributed by atoms with Crippen molar-refractivity contribution in [3.8, 4) is 5.75 Å². The number of carbonyl (C=O) groups is 1. The maximum absolute atomic E-state index is 13.1. The molecule has 1 heterocycles. The van der Waals surface area contributed by atoms with E-state index in [1.54, 1.807) is 33.1 Å². The molecule has 1 fully saturated rings. The Morgan fingerprint density at radius 2 is 1.96 bits per heavy atom. The van der Waals surface area contributed by atoms with Gasteiger partial charge in [-0.15, -0.1) is 0 Å².